The van der Waals surface area contributed by atoms with Crippen molar-refractivity contribution in [2.75, 3.05) is 28.4 Å². The van der Waals surface area contributed by atoms with E-state index in [4.69, 9.17) is 18.9 Å². The lowest BCUT2D eigenvalue weighted by molar-refractivity contribution is -0.137. The van der Waals surface area contributed by atoms with Gasteiger partial charge in [0, 0.05) is 11.6 Å². The molecule has 2 N–H and O–H groups in total. The Bertz CT molecular complexity index is 850. The molecule has 0 spiro atoms. The minimum atomic E-state index is -1.07. The number of carboxylic acid groups (broad SMARTS) is 1. The second-order valence-corrected chi connectivity index (χ2v) is 5.80. The van der Waals surface area contributed by atoms with Crippen molar-refractivity contribution in [3.63, 3.8) is 0 Å². The maximum absolute atomic E-state index is 12.9. The number of amides is 1. The van der Waals surface area contributed by atoms with Gasteiger partial charge in [-0.25, -0.2) is 0 Å². The van der Waals surface area contributed by atoms with Gasteiger partial charge in [-0.15, -0.1) is 0 Å². The van der Waals surface area contributed by atoms with E-state index >= 15 is 0 Å². The van der Waals surface area contributed by atoms with Crippen LogP contribution < -0.4 is 24.3 Å². The van der Waals surface area contributed by atoms with E-state index in [0.29, 0.717) is 28.6 Å². The van der Waals surface area contributed by atoms with Crippen LogP contribution in [0.1, 0.15) is 28.4 Å². The Morgan fingerprint density at radius 2 is 1.50 bits per heavy atom. The van der Waals surface area contributed by atoms with Crippen LogP contribution in [0.2, 0.25) is 0 Å². The molecule has 2 aromatic rings. The highest BCUT2D eigenvalue weighted by Crippen LogP contribution is 2.32. The number of nitrogens with one attached hydrogen (secondary N) is 1. The molecule has 0 heterocycles. The quantitative estimate of drug-likeness (QED) is 0.679. The molecule has 0 saturated heterocycles. The van der Waals surface area contributed by atoms with Gasteiger partial charge in [-0.2, -0.15) is 0 Å². The summed E-state index contributed by atoms with van der Waals surface area (Å²) >= 11 is 0. The van der Waals surface area contributed by atoms with E-state index in [0.717, 1.165) is 0 Å². The molecule has 8 heteroatoms. The number of carbonyl (C=O) groups excluding carboxylic acids is 1. The summed E-state index contributed by atoms with van der Waals surface area (Å²) in [5.74, 6) is 0.205. The van der Waals surface area contributed by atoms with Gasteiger partial charge >= 0.3 is 5.97 Å². The molecule has 0 aliphatic carbocycles. The lowest BCUT2D eigenvalue weighted by atomic mass is 10.0. The van der Waals surface area contributed by atoms with Crippen LogP contribution in [0.4, 0.5) is 0 Å². The number of benzene rings is 2. The summed E-state index contributed by atoms with van der Waals surface area (Å²) in [5, 5.41) is 12.1. The maximum Gasteiger partial charge on any atom is 0.305 e. The van der Waals surface area contributed by atoms with Crippen LogP contribution in [-0.4, -0.2) is 45.4 Å². The topological polar surface area (TPSA) is 103 Å². The molecule has 0 radical (unpaired) electrons. The predicted molar refractivity (Wildman–Crippen MR) is 102 cm³/mol. The predicted octanol–water partition coefficient (Wildman–Crippen LogP) is 2.67. The van der Waals surface area contributed by atoms with E-state index < -0.39 is 17.9 Å². The maximum atomic E-state index is 12.9. The highest BCUT2D eigenvalue weighted by atomic mass is 16.5. The van der Waals surface area contributed by atoms with Gasteiger partial charge in [0.15, 0.2) is 0 Å². The van der Waals surface area contributed by atoms with Crippen LogP contribution in [-0.2, 0) is 4.79 Å². The summed E-state index contributed by atoms with van der Waals surface area (Å²) in [7, 11) is 5.90. The molecule has 0 aromatic heterocycles. The van der Waals surface area contributed by atoms with Crippen molar-refractivity contribution in [2.24, 2.45) is 0 Å². The van der Waals surface area contributed by atoms with Crippen molar-refractivity contribution in [3.05, 3.63) is 47.5 Å². The SMILES string of the molecule is COc1ccc(C(CC(=O)O)NC(=O)c2cc(OC)ccc2OC)c(OC)c1. The second-order valence-electron chi connectivity index (χ2n) is 5.80. The van der Waals surface area contributed by atoms with E-state index in [-0.39, 0.29) is 12.0 Å². The molecular formula is C20H23NO7. The summed E-state index contributed by atoms with van der Waals surface area (Å²) in [5.41, 5.74) is 0.741. The number of carboxylic acids is 1. The second kappa shape index (κ2) is 9.50. The first kappa shape index (κ1) is 20.9. The van der Waals surface area contributed by atoms with Crippen LogP contribution in [0.5, 0.6) is 23.0 Å². The monoisotopic (exact) mass is 389 g/mol. The Morgan fingerprint density at radius 1 is 0.893 bits per heavy atom. The van der Waals surface area contributed by atoms with Gasteiger partial charge in [0.1, 0.15) is 23.0 Å². The van der Waals surface area contributed by atoms with Crippen molar-refractivity contribution in [1.29, 1.82) is 0 Å². The molecule has 1 atom stereocenters. The molecular weight excluding hydrogens is 366 g/mol. The zero-order valence-corrected chi connectivity index (χ0v) is 16.1. The third-order valence-electron chi connectivity index (χ3n) is 4.15. The van der Waals surface area contributed by atoms with Gasteiger partial charge in [0.05, 0.1) is 46.5 Å². The van der Waals surface area contributed by atoms with Gasteiger partial charge in [0.2, 0.25) is 0 Å². The number of carbonyl (C=O) groups is 2. The first-order valence-electron chi connectivity index (χ1n) is 8.40. The lowest BCUT2D eigenvalue weighted by Crippen LogP contribution is -2.30. The standard InChI is InChI=1S/C20H23NO7/c1-25-12-6-8-17(27-3)15(9-12)20(24)21-16(11-19(22)23)14-7-5-13(26-2)10-18(14)28-4/h5-10,16H,11H2,1-4H3,(H,21,24)(H,22,23). The fraction of sp³-hybridized carbons (Fsp3) is 0.300. The Balaban J connectivity index is 2.40. The Labute approximate surface area is 163 Å². The number of hydrogen-bond acceptors (Lipinski definition) is 6. The number of hydrogen-bond donors (Lipinski definition) is 2. The number of aliphatic carboxylic acids is 1. The van der Waals surface area contributed by atoms with Crippen LogP contribution in [0.3, 0.4) is 0 Å². The zero-order valence-electron chi connectivity index (χ0n) is 16.1. The molecule has 1 amide bonds. The van der Waals surface area contributed by atoms with Gasteiger partial charge in [-0.05, 0) is 30.3 Å². The fourth-order valence-electron chi connectivity index (χ4n) is 2.75. The van der Waals surface area contributed by atoms with E-state index in [9.17, 15) is 14.7 Å². The van der Waals surface area contributed by atoms with Crippen LogP contribution in [0.15, 0.2) is 36.4 Å². The molecule has 1 unspecified atom stereocenters. The van der Waals surface area contributed by atoms with Crippen molar-refractivity contribution in [1.82, 2.24) is 5.32 Å². The first-order valence-corrected chi connectivity index (χ1v) is 8.40. The molecule has 150 valence electrons. The molecule has 0 fully saturated rings. The lowest BCUT2D eigenvalue weighted by Gasteiger charge is -2.21. The average Bonchev–Trinajstić information content (AvgIpc) is 2.71. The fourth-order valence-corrected chi connectivity index (χ4v) is 2.75. The first-order chi connectivity index (χ1) is 13.4. The smallest absolute Gasteiger partial charge is 0.305 e. The summed E-state index contributed by atoms with van der Waals surface area (Å²) in [4.78, 5) is 24.3. The summed E-state index contributed by atoms with van der Waals surface area (Å²) in [6, 6.07) is 8.92. The molecule has 8 nitrogen and oxygen atoms in total. The molecule has 0 aliphatic rings. The van der Waals surface area contributed by atoms with Gasteiger partial charge in [-0.3, -0.25) is 9.59 Å². The molecule has 2 rings (SSSR count). The normalized spacial score (nSPS) is 11.3. The van der Waals surface area contributed by atoms with Gasteiger partial charge in [-0.1, -0.05) is 0 Å². The molecule has 0 aliphatic heterocycles. The summed E-state index contributed by atoms with van der Waals surface area (Å²) in [6.45, 7) is 0. The minimum absolute atomic E-state index is 0.227. The molecule has 0 saturated carbocycles. The van der Waals surface area contributed by atoms with E-state index in [2.05, 4.69) is 5.32 Å². The van der Waals surface area contributed by atoms with Crippen molar-refractivity contribution < 1.29 is 33.6 Å². The zero-order chi connectivity index (χ0) is 20.7. The minimum Gasteiger partial charge on any atom is -0.497 e. The Morgan fingerprint density at radius 3 is 2.07 bits per heavy atom. The number of methoxy groups -OCH3 is 4. The largest absolute Gasteiger partial charge is 0.497 e. The summed E-state index contributed by atoms with van der Waals surface area (Å²) in [6.07, 6.45) is -0.333. The highest BCUT2D eigenvalue weighted by molar-refractivity contribution is 5.97. The average molecular weight is 389 g/mol. The van der Waals surface area contributed by atoms with E-state index in [1.165, 1.54) is 34.5 Å². The molecule has 28 heavy (non-hydrogen) atoms. The molecule has 0 bridgehead atoms. The number of rotatable bonds is 9. The van der Waals surface area contributed by atoms with Crippen molar-refractivity contribution in [3.8, 4) is 23.0 Å². The van der Waals surface area contributed by atoms with Crippen molar-refractivity contribution >= 4 is 11.9 Å². The number of ether oxygens (including phenoxy) is 4. The Kier molecular flexibility index (Phi) is 7.08. The van der Waals surface area contributed by atoms with Gasteiger partial charge in [0.25, 0.3) is 5.91 Å². The van der Waals surface area contributed by atoms with Crippen LogP contribution in [0, 0.1) is 0 Å². The van der Waals surface area contributed by atoms with Crippen molar-refractivity contribution in [2.45, 2.75) is 12.5 Å². The summed E-state index contributed by atoms with van der Waals surface area (Å²) < 4.78 is 20.9. The molecule has 2 aromatic carbocycles. The Hall–Kier alpha value is -3.42. The van der Waals surface area contributed by atoms with Crippen LogP contribution >= 0.6 is 0 Å². The van der Waals surface area contributed by atoms with Crippen LogP contribution in [0.25, 0.3) is 0 Å². The van der Waals surface area contributed by atoms with E-state index in [1.807, 2.05) is 0 Å². The van der Waals surface area contributed by atoms with Gasteiger partial charge < -0.3 is 29.4 Å². The third kappa shape index (κ3) is 4.85. The highest BCUT2D eigenvalue weighted by Gasteiger charge is 2.24. The van der Waals surface area contributed by atoms with E-state index in [1.54, 1.807) is 30.3 Å². The third-order valence-corrected chi connectivity index (χ3v) is 4.15.